The number of benzene rings is 1. The molecule has 0 atom stereocenters. The van der Waals surface area contributed by atoms with Crippen LogP contribution in [0.2, 0.25) is 0 Å². The van der Waals surface area contributed by atoms with Gasteiger partial charge in [-0.05, 0) is 37.1 Å². The van der Waals surface area contributed by atoms with Gasteiger partial charge < -0.3 is 14.8 Å². The van der Waals surface area contributed by atoms with Crippen molar-refractivity contribution in [2.24, 2.45) is 0 Å². The number of nitrogens with one attached hydrogen (secondary N) is 1. The van der Waals surface area contributed by atoms with Crippen LogP contribution >= 0.6 is 0 Å². The highest BCUT2D eigenvalue weighted by Gasteiger charge is 2.28. The van der Waals surface area contributed by atoms with Gasteiger partial charge in [0.15, 0.2) is 0 Å². The number of hydrogen-bond donors (Lipinski definition) is 2. The average Bonchev–Trinajstić information content (AvgIpc) is 3.02. The van der Waals surface area contributed by atoms with Crippen molar-refractivity contribution in [3.63, 3.8) is 0 Å². The summed E-state index contributed by atoms with van der Waals surface area (Å²) in [5.41, 5.74) is 3.17. The molecule has 1 amide bonds. The zero-order valence-corrected chi connectivity index (χ0v) is 12.4. The predicted molar refractivity (Wildman–Crippen MR) is 85.9 cm³/mol. The lowest BCUT2D eigenvalue weighted by Crippen LogP contribution is -2.46. The zero-order valence-electron chi connectivity index (χ0n) is 12.4. The first kappa shape index (κ1) is 14.0. The fourth-order valence-electron chi connectivity index (χ4n) is 2.88. The molecule has 4 rings (SSSR count). The van der Waals surface area contributed by atoms with E-state index in [1.165, 1.54) is 0 Å². The van der Waals surface area contributed by atoms with E-state index in [1.54, 1.807) is 24.6 Å². The van der Waals surface area contributed by atoms with Gasteiger partial charge >= 0.3 is 0 Å². The van der Waals surface area contributed by atoms with Crippen molar-refractivity contribution in [2.75, 3.05) is 0 Å². The van der Waals surface area contributed by atoms with Gasteiger partial charge in [-0.15, -0.1) is 0 Å². The molecule has 0 saturated heterocycles. The van der Waals surface area contributed by atoms with Gasteiger partial charge in [-0.25, -0.2) is 0 Å². The molecule has 3 aromatic rings. The maximum atomic E-state index is 12.2. The van der Waals surface area contributed by atoms with Crippen molar-refractivity contribution in [1.82, 2.24) is 10.3 Å². The maximum Gasteiger partial charge on any atom is 0.251 e. The van der Waals surface area contributed by atoms with Gasteiger partial charge in [0.05, 0.1) is 18.1 Å². The van der Waals surface area contributed by atoms with Crippen molar-refractivity contribution in [1.29, 1.82) is 0 Å². The molecular weight excluding hydrogens is 292 g/mol. The van der Waals surface area contributed by atoms with Gasteiger partial charge in [-0.1, -0.05) is 12.1 Å². The van der Waals surface area contributed by atoms with Gasteiger partial charge in [0.25, 0.3) is 5.91 Å². The Kier molecular flexibility index (Phi) is 3.35. The number of amides is 1. The monoisotopic (exact) mass is 308 g/mol. The van der Waals surface area contributed by atoms with Gasteiger partial charge in [-0.3, -0.25) is 9.78 Å². The predicted octanol–water partition coefficient (Wildman–Crippen LogP) is 2.75. The lowest BCUT2D eigenvalue weighted by atomic mass is 9.89. The Bertz CT molecular complexity index is 848. The Labute approximate surface area is 133 Å². The maximum absolute atomic E-state index is 12.2. The van der Waals surface area contributed by atoms with Gasteiger partial charge in [0.1, 0.15) is 5.58 Å². The van der Waals surface area contributed by atoms with E-state index in [1.807, 2.05) is 24.3 Å². The lowest BCUT2D eigenvalue weighted by Gasteiger charge is -2.31. The van der Waals surface area contributed by atoms with E-state index >= 15 is 0 Å². The molecule has 1 saturated carbocycles. The van der Waals surface area contributed by atoms with E-state index in [2.05, 4.69) is 10.3 Å². The topological polar surface area (TPSA) is 75.4 Å². The SMILES string of the molecule is O=C(N[C@H]1C[C@@H](O)C1)c1ccc(-c2nccc3occc23)cc1. The summed E-state index contributed by atoms with van der Waals surface area (Å²) in [5, 5.41) is 13.1. The second-order valence-corrected chi connectivity index (χ2v) is 5.86. The smallest absolute Gasteiger partial charge is 0.251 e. The molecule has 2 aromatic heterocycles. The number of pyridine rings is 1. The van der Waals surface area contributed by atoms with Crippen LogP contribution in [0, 0.1) is 0 Å². The molecule has 1 aliphatic rings. The number of rotatable bonds is 3. The summed E-state index contributed by atoms with van der Waals surface area (Å²) in [6.45, 7) is 0. The molecule has 0 radical (unpaired) electrons. The summed E-state index contributed by atoms with van der Waals surface area (Å²) in [6.07, 6.45) is 4.35. The third-order valence-electron chi connectivity index (χ3n) is 4.25. The molecule has 0 spiro atoms. The number of furan rings is 1. The number of carbonyl (C=O) groups is 1. The minimum atomic E-state index is -0.274. The van der Waals surface area contributed by atoms with Crippen LogP contribution in [-0.4, -0.2) is 28.1 Å². The molecule has 2 heterocycles. The zero-order chi connectivity index (χ0) is 15.8. The van der Waals surface area contributed by atoms with E-state index in [0.717, 1.165) is 22.2 Å². The van der Waals surface area contributed by atoms with Crippen LogP contribution in [0.3, 0.4) is 0 Å². The molecule has 0 bridgehead atoms. The van der Waals surface area contributed by atoms with Crippen molar-refractivity contribution < 1.29 is 14.3 Å². The Balaban J connectivity index is 1.56. The molecule has 23 heavy (non-hydrogen) atoms. The fourth-order valence-corrected chi connectivity index (χ4v) is 2.88. The Morgan fingerprint density at radius 2 is 1.96 bits per heavy atom. The van der Waals surface area contributed by atoms with Crippen LogP contribution in [0.25, 0.3) is 22.2 Å². The number of nitrogens with zero attached hydrogens (tertiary/aromatic N) is 1. The number of aliphatic hydroxyl groups excluding tert-OH is 1. The third kappa shape index (κ3) is 2.59. The van der Waals surface area contributed by atoms with Crippen molar-refractivity contribution >= 4 is 16.9 Å². The second-order valence-electron chi connectivity index (χ2n) is 5.86. The minimum Gasteiger partial charge on any atom is -0.464 e. The molecule has 0 unspecified atom stereocenters. The number of fused-ring (bicyclic) bond motifs is 1. The lowest BCUT2D eigenvalue weighted by molar-refractivity contribution is 0.0562. The van der Waals surface area contributed by atoms with E-state index in [-0.39, 0.29) is 18.1 Å². The highest BCUT2D eigenvalue weighted by molar-refractivity contribution is 5.96. The Hall–Kier alpha value is -2.66. The van der Waals surface area contributed by atoms with E-state index in [9.17, 15) is 9.90 Å². The van der Waals surface area contributed by atoms with Gasteiger partial charge in [-0.2, -0.15) is 0 Å². The van der Waals surface area contributed by atoms with Crippen LogP contribution in [-0.2, 0) is 0 Å². The molecule has 1 fully saturated rings. The molecule has 1 aromatic carbocycles. The first-order valence-electron chi connectivity index (χ1n) is 7.62. The molecule has 5 heteroatoms. The Morgan fingerprint density at radius 1 is 1.17 bits per heavy atom. The normalized spacial score (nSPS) is 20.2. The molecule has 116 valence electrons. The van der Waals surface area contributed by atoms with Crippen LogP contribution in [0.4, 0.5) is 0 Å². The van der Waals surface area contributed by atoms with Crippen LogP contribution in [0.1, 0.15) is 23.2 Å². The van der Waals surface area contributed by atoms with Crippen LogP contribution < -0.4 is 5.32 Å². The first-order chi connectivity index (χ1) is 11.2. The average molecular weight is 308 g/mol. The highest BCUT2D eigenvalue weighted by atomic mass is 16.3. The van der Waals surface area contributed by atoms with Crippen molar-refractivity contribution in [3.05, 3.63) is 54.4 Å². The standard InChI is InChI=1S/C18H16N2O3/c21-14-9-13(10-14)20-18(22)12-3-1-11(2-4-12)17-15-6-8-23-16(15)5-7-19-17/h1-8,13-14,21H,9-10H2,(H,20,22)/t13-,14+. The highest BCUT2D eigenvalue weighted by Crippen LogP contribution is 2.27. The summed E-state index contributed by atoms with van der Waals surface area (Å²) >= 11 is 0. The second kappa shape index (κ2) is 5.52. The fraction of sp³-hybridized carbons (Fsp3) is 0.222. The molecule has 1 aliphatic carbocycles. The summed E-state index contributed by atoms with van der Waals surface area (Å²) in [7, 11) is 0. The van der Waals surface area contributed by atoms with Crippen molar-refractivity contribution in [2.45, 2.75) is 25.0 Å². The van der Waals surface area contributed by atoms with Gasteiger partial charge in [0.2, 0.25) is 0 Å². The van der Waals surface area contributed by atoms with Crippen LogP contribution in [0.15, 0.2) is 53.3 Å². The van der Waals surface area contributed by atoms with E-state index in [0.29, 0.717) is 18.4 Å². The number of aliphatic hydroxyl groups is 1. The van der Waals surface area contributed by atoms with Crippen molar-refractivity contribution in [3.8, 4) is 11.3 Å². The minimum absolute atomic E-state index is 0.0820. The first-order valence-corrected chi connectivity index (χ1v) is 7.62. The summed E-state index contributed by atoms with van der Waals surface area (Å²) in [5.74, 6) is -0.108. The summed E-state index contributed by atoms with van der Waals surface area (Å²) in [4.78, 5) is 16.6. The van der Waals surface area contributed by atoms with Gasteiger partial charge in [0, 0.05) is 28.8 Å². The summed E-state index contributed by atoms with van der Waals surface area (Å²) < 4.78 is 5.39. The summed E-state index contributed by atoms with van der Waals surface area (Å²) in [6, 6.07) is 11.2. The van der Waals surface area contributed by atoms with E-state index < -0.39 is 0 Å². The number of carbonyl (C=O) groups excluding carboxylic acids is 1. The number of aromatic nitrogens is 1. The Morgan fingerprint density at radius 3 is 2.70 bits per heavy atom. The molecule has 0 aliphatic heterocycles. The molecule has 5 nitrogen and oxygen atoms in total. The quantitative estimate of drug-likeness (QED) is 0.780. The van der Waals surface area contributed by atoms with Crippen LogP contribution in [0.5, 0.6) is 0 Å². The van der Waals surface area contributed by atoms with E-state index in [4.69, 9.17) is 4.42 Å². The molecular formula is C18H16N2O3. The molecule has 2 N–H and O–H groups in total. The number of hydrogen-bond acceptors (Lipinski definition) is 4. The largest absolute Gasteiger partial charge is 0.464 e. The third-order valence-corrected chi connectivity index (χ3v) is 4.25.